The molecule has 8 heavy (non-hydrogen) atoms. The molecule has 6 heteroatoms. The molecule has 0 aliphatic carbocycles. The highest BCUT2D eigenvalue weighted by molar-refractivity contribution is 7.86. The smallest absolute Gasteiger partial charge is 0.236 e. The standard InChI is InChI=1S/C2H8N3O2S/c1-5(2)4-8(3,6)7/h3-4H,1-2H3. The Morgan fingerprint density at radius 2 is 1.88 bits per heavy atom. The fourth-order valence-electron chi connectivity index (χ4n) is 0.240. The predicted molar refractivity (Wildman–Crippen MR) is 28.8 cm³/mol. The summed E-state index contributed by atoms with van der Waals surface area (Å²) >= 11 is 0. The second-order valence-corrected chi connectivity index (χ2v) is 2.68. The summed E-state index contributed by atoms with van der Waals surface area (Å²) in [5, 5.41) is 7.46. The van der Waals surface area contributed by atoms with Crippen LogP contribution in [0.2, 0.25) is 0 Å². The van der Waals surface area contributed by atoms with Crippen LogP contribution >= 0.6 is 0 Å². The van der Waals surface area contributed by atoms with Crippen LogP contribution in [0.25, 0.3) is 0 Å². The minimum Gasteiger partial charge on any atom is -0.236 e. The van der Waals surface area contributed by atoms with Crippen molar-refractivity contribution in [3.63, 3.8) is 0 Å². The number of rotatable bonds is 2. The van der Waals surface area contributed by atoms with Crippen molar-refractivity contribution in [2.75, 3.05) is 14.1 Å². The second-order valence-electron chi connectivity index (χ2n) is 1.49. The first-order valence-corrected chi connectivity index (χ1v) is 3.34. The van der Waals surface area contributed by atoms with Gasteiger partial charge in [0.25, 0.3) is 0 Å². The quantitative estimate of drug-likeness (QED) is 0.476. The van der Waals surface area contributed by atoms with Gasteiger partial charge in [-0.2, -0.15) is 8.42 Å². The number of nitrogens with zero attached hydrogens (tertiary/aromatic N) is 1. The average Bonchev–Trinajstić information content (AvgIpc) is 1.21. The Kier molecular flexibility index (Phi) is 2.35. The van der Waals surface area contributed by atoms with Gasteiger partial charge in [-0.25, -0.2) is 5.01 Å². The average molecular weight is 138 g/mol. The van der Waals surface area contributed by atoms with Gasteiger partial charge in [0.15, 0.2) is 0 Å². The first kappa shape index (κ1) is 7.83. The van der Waals surface area contributed by atoms with Crippen molar-refractivity contribution in [3.8, 4) is 0 Å². The van der Waals surface area contributed by atoms with Gasteiger partial charge < -0.3 is 0 Å². The van der Waals surface area contributed by atoms with E-state index < -0.39 is 10.2 Å². The van der Waals surface area contributed by atoms with E-state index in [2.05, 4.69) is 0 Å². The Morgan fingerprint density at radius 3 is 1.88 bits per heavy atom. The lowest BCUT2D eigenvalue weighted by Crippen LogP contribution is -2.36. The molecule has 1 radical (unpaired) electrons. The molecule has 49 valence electrons. The summed E-state index contributed by atoms with van der Waals surface area (Å²) in [5.74, 6) is 0. The molecule has 0 rings (SSSR count). The Bertz CT molecular complexity index is 149. The molecule has 0 spiro atoms. The minimum absolute atomic E-state index is 1.18. The summed E-state index contributed by atoms with van der Waals surface area (Å²) in [6, 6.07) is 0. The van der Waals surface area contributed by atoms with Crippen LogP contribution in [0.5, 0.6) is 0 Å². The summed E-state index contributed by atoms with van der Waals surface area (Å²) in [6.45, 7) is 0. The third-order valence-electron chi connectivity index (χ3n) is 0.303. The van der Waals surface area contributed by atoms with E-state index in [1.807, 2.05) is 4.83 Å². The molecule has 0 aromatic heterocycles. The molecule has 0 saturated heterocycles. The van der Waals surface area contributed by atoms with Gasteiger partial charge in [-0.15, -0.1) is 9.97 Å². The fraction of sp³-hybridized carbons (Fsp3) is 1.00. The van der Waals surface area contributed by atoms with Crippen molar-refractivity contribution in [1.82, 2.24) is 15.0 Å². The normalized spacial score (nSPS) is 12.5. The van der Waals surface area contributed by atoms with Crippen molar-refractivity contribution in [2.24, 2.45) is 0 Å². The third-order valence-corrected chi connectivity index (χ3v) is 0.908. The Labute approximate surface area is 48.6 Å². The van der Waals surface area contributed by atoms with Crippen LogP contribution in [0.4, 0.5) is 0 Å². The van der Waals surface area contributed by atoms with Crippen LogP contribution < -0.4 is 9.97 Å². The van der Waals surface area contributed by atoms with Crippen molar-refractivity contribution < 1.29 is 8.42 Å². The molecular weight excluding hydrogens is 130 g/mol. The first-order chi connectivity index (χ1) is 3.42. The summed E-state index contributed by atoms with van der Waals surface area (Å²) in [6.07, 6.45) is 0. The first-order valence-electron chi connectivity index (χ1n) is 1.86. The van der Waals surface area contributed by atoms with Gasteiger partial charge in [-0.3, -0.25) is 0 Å². The van der Waals surface area contributed by atoms with Crippen LogP contribution in [0, 0.1) is 0 Å². The number of hydrazine groups is 1. The van der Waals surface area contributed by atoms with E-state index in [9.17, 15) is 8.42 Å². The summed E-state index contributed by atoms with van der Waals surface area (Å²) in [5.41, 5.74) is 0. The van der Waals surface area contributed by atoms with Crippen LogP contribution in [0.1, 0.15) is 0 Å². The van der Waals surface area contributed by atoms with Crippen molar-refractivity contribution in [3.05, 3.63) is 0 Å². The lowest BCUT2D eigenvalue weighted by atomic mass is 11.2. The highest BCUT2D eigenvalue weighted by Crippen LogP contribution is 1.69. The van der Waals surface area contributed by atoms with Gasteiger partial charge in [0.1, 0.15) is 0 Å². The molecule has 0 unspecified atom stereocenters. The summed E-state index contributed by atoms with van der Waals surface area (Å²) < 4.78 is 19.9. The molecule has 0 fully saturated rings. The SMILES string of the molecule is CN(C)NS([NH])(=O)=O. The molecule has 0 aliphatic rings. The maximum Gasteiger partial charge on any atom is 0.303 e. The second kappa shape index (κ2) is 2.40. The molecule has 0 aromatic rings. The van der Waals surface area contributed by atoms with E-state index >= 15 is 0 Å². The van der Waals surface area contributed by atoms with Crippen molar-refractivity contribution in [2.45, 2.75) is 0 Å². The van der Waals surface area contributed by atoms with Crippen molar-refractivity contribution in [1.29, 1.82) is 0 Å². The Morgan fingerprint density at radius 1 is 1.50 bits per heavy atom. The molecular formula is C2H8N3O2S. The molecule has 0 amide bonds. The van der Waals surface area contributed by atoms with Gasteiger partial charge in [0.2, 0.25) is 0 Å². The van der Waals surface area contributed by atoms with Gasteiger partial charge in [0, 0.05) is 14.1 Å². The summed E-state index contributed by atoms with van der Waals surface area (Å²) in [4.78, 5) is 1.85. The van der Waals surface area contributed by atoms with E-state index in [0.717, 1.165) is 0 Å². The Balaban J connectivity index is 3.75. The maximum absolute atomic E-state index is 9.96. The van der Waals surface area contributed by atoms with Gasteiger partial charge in [-0.1, -0.05) is 0 Å². The molecule has 0 atom stereocenters. The predicted octanol–water partition coefficient (Wildman–Crippen LogP) is -1.42. The molecule has 0 saturated carbocycles. The zero-order valence-electron chi connectivity index (χ0n) is 4.67. The van der Waals surface area contributed by atoms with Gasteiger partial charge >= 0.3 is 10.2 Å². The zero-order valence-corrected chi connectivity index (χ0v) is 5.49. The highest BCUT2D eigenvalue weighted by Gasteiger charge is 2.00. The van der Waals surface area contributed by atoms with Crippen LogP contribution in [-0.4, -0.2) is 27.5 Å². The number of nitrogens with one attached hydrogen (secondary N) is 2. The van der Waals surface area contributed by atoms with E-state index in [-0.39, 0.29) is 0 Å². The fourth-order valence-corrected chi connectivity index (χ4v) is 0.721. The maximum atomic E-state index is 9.96. The van der Waals surface area contributed by atoms with Gasteiger partial charge in [-0.05, 0) is 0 Å². The van der Waals surface area contributed by atoms with E-state index in [1.54, 1.807) is 0 Å². The van der Waals surface area contributed by atoms with Gasteiger partial charge in [0.05, 0.1) is 0 Å². The molecule has 0 bridgehead atoms. The molecule has 0 aliphatic heterocycles. The van der Waals surface area contributed by atoms with Crippen molar-refractivity contribution >= 4 is 10.2 Å². The number of hydrogen-bond acceptors (Lipinski definition) is 3. The largest absolute Gasteiger partial charge is 0.303 e. The highest BCUT2D eigenvalue weighted by atomic mass is 32.2. The zero-order chi connectivity index (χ0) is 6.78. The van der Waals surface area contributed by atoms with Crippen LogP contribution in [0.15, 0.2) is 0 Å². The molecule has 2 N–H and O–H groups in total. The van der Waals surface area contributed by atoms with Crippen LogP contribution in [0.3, 0.4) is 0 Å². The van der Waals surface area contributed by atoms with E-state index in [1.165, 1.54) is 19.1 Å². The lowest BCUT2D eigenvalue weighted by molar-refractivity contribution is 0.364. The number of hydrogen-bond donors (Lipinski definition) is 1. The molecule has 5 nitrogen and oxygen atoms in total. The van der Waals surface area contributed by atoms with E-state index in [4.69, 9.17) is 5.14 Å². The topological polar surface area (TPSA) is 73.2 Å². The Hall–Kier alpha value is -0.170. The third kappa shape index (κ3) is 5.83. The monoisotopic (exact) mass is 138 g/mol. The molecule has 0 aromatic carbocycles. The van der Waals surface area contributed by atoms with E-state index in [0.29, 0.717) is 0 Å². The summed E-state index contributed by atoms with van der Waals surface area (Å²) in [7, 11) is -0.813. The lowest BCUT2D eigenvalue weighted by Gasteiger charge is -2.06. The molecule has 0 heterocycles. The minimum atomic E-state index is -3.80. The van der Waals surface area contributed by atoms with Crippen LogP contribution in [-0.2, 0) is 10.2 Å².